The molecule has 0 saturated heterocycles. The molecule has 0 spiro atoms. The number of halogens is 2. The highest BCUT2D eigenvalue weighted by molar-refractivity contribution is 5.23. The second-order valence-corrected chi connectivity index (χ2v) is 3.31. The van der Waals surface area contributed by atoms with Gasteiger partial charge >= 0.3 is 0 Å². The number of para-hydroxylation sites is 2. The molecule has 0 amide bonds. The monoisotopic (exact) mass is 252 g/mol. The number of aromatic hydroxyl groups is 1. The molecule has 2 rings (SSSR count). The molecule has 18 heavy (non-hydrogen) atoms. The molecule has 1 N–H and O–H groups in total. The van der Waals surface area contributed by atoms with Gasteiger partial charge in [-0.3, -0.25) is 0 Å². The van der Waals surface area contributed by atoms with Crippen LogP contribution in [0.3, 0.4) is 0 Å². The maximum Gasteiger partial charge on any atom is 0.165 e. The first-order chi connectivity index (χ1) is 8.65. The first kappa shape index (κ1) is 14.0. The van der Waals surface area contributed by atoms with Gasteiger partial charge < -0.3 is 9.84 Å². The topological polar surface area (TPSA) is 29.5 Å². The smallest absolute Gasteiger partial charge is 0.165 e. The molecule has 0 heterocycles. The third kappa shape index (κ3) is 4.41. The van der Waals surface area contributed by atoms with Crippen LogP contribution in [0.4, 0.5) is 8.78 Å². The number of phenols is 1. The quantitative estimate of drug-likeness (QED) is 0.881. The Morgan fingerprint density at radius 1 is 0.944 bits per heavy atom. The summed E-state index contributed by atoms with van der Waals surface area (Å²) in [6.45, 7) is 2.33. The molecule has 0 saturated carbocycles. The maximum atomic E-state index is 12.7. The zero-order chi connectivity index (χ0) is 13.4. The van der Waals surface area contributed by atoms with E-state index in [0.29, 0.717) is 12.4 Å². The number of hydrogen-bond acceptors (Lipinski definition) is 2. The minimum atomic E-state index is -0.576. The predicted octanol–water partition coefficient (Wildman–Crippen LogP) is 3.76. The molecular weight excluding hydrogens is 238 g/mol. The van der Waals surface area contributed by atoms with Crippen LogP contribution in [0.5, 0.6) is 11.5 Å². The van der Waals surface area contributed by atoms with Gasteiger partial charge in [-0.2, -0.15) is 0 Å². The van der Waals surface area contributed by atoms with Crippen LogP contribution in [0.25, 0.3) is 0 Å². The van der Waals surface area contributed by atoms with Gasteiger partial charge in [-0.25, -0.2) is 8.78 Å². The van der Waals surface area contributed by atoms with Gasteiger partial charge in [0.1, 0.15) is 0 Å². The molecule has 4 heteroatoms. The van der Waals surface area contributed by atoms with Crippen molar-refractivity contribution in [3.05, 3.63) is 60.2 Å². The largest absolute Gasteiger partial charge is 0.505 e. The Morgan fingerprint density at radius 2 is 1.50 bits per heavy atom. The molecule has 0 fully saturated rings. The first-order valence-electron chi connectivity index (χ1n) is 5.46. The zero-order valence-electron chi connectivity index (χ0n) is 9.94. The standard InChI is InChI=1S/C8H9FO.C6H5FO/c1-2-10-8-6-4-3-5-7(8)9;7-5-3-1-2-4-6(5)8/h3-6H,2H2,1H3;1-4,8H. The minimum absolute atomic E-state index is 0.299. The molecule has 96 valence electrons. The van der Waals surface area contributed by atoms with Crippen LogP contribution < -0.4 is 4.74 Å². The van der Waals surface area contributed by atoms with E-state index >= 15 is 0 Å². The Labute approximate surface area is 104 Å². The van der Waals surface area contributed by atoms with Crippen LogP contribution in [0.15, 0.2) is 48.5 Å². The van der Waals surface area contributed by atoms with Crippen LogP contribution in [-0.2, 0) is 0 Å². The van der Waals surface area contributed by atoms with Crippen molar-refractivity contribution in [2.24, 2.45) is 0 Å². The van der Waals surface area contributed by atoms with E-state index in [2.05, 4.69) is 0 Å². The van der Waals surface area contributed by atoms with Crippen molar-refractivity contribution in [2.45, 2.75) is 6.92 Å². The summed E-state index contributed by atoms with van der Waals surface area (Å²) in [6.07, 6.45) is 0. The molecule has 0 atom stereocenters. The average Bonchev–Trinajstić information content (AvgIpc) is 2.37. The lowest BCUT2D eigenvalue weighted by atomic mass is 10.3. The average molecular weight is 252 g/mol. The summed E-state index contributed by atoms with van der Waals surface area (Å²) in [6, 6.07) is 12.0. The van der Waals surface area contributed by atoms with E-state index < -0.39 is 5.82 Å². The lowest BCUT2D eigenvalue weighted by Gasteiger charge is -2.01. The Morgan fingerprint density at radius 3 is 1.94 bits per heavy atom. The van der Waals surface area contributed by atoms with Gasteiger partial charge in [0.15, 0.2) is 23.1 Å². The maximum absolute atomic E-state index is 12.7. The van der Waals surface area contributed by atoms with E-state index in [1.54, 1.807) is 24.3 Å². The first-order valence-corrected chi connectivity index (χ1v) is 5.46. The number of ether oxygens (including phenoxy) is 1. The van der Waals surface area contributed by atoms with Gasteiger partial charge in [0.25, 0.3) is 0 Å². The van der Waals surface area contributed by atoms with Crippen LogP contribution in [-0.4, -0.2) is 11.7 Å². The van der Waals surface area contributed by atoms with E-state index in [1.165, 1.54) is 24.3 Å². The predicted molar refractivity (Wildman–Crippen MR) is 65.6 cm³/mol. The van der Waals surface area contributed by atoms with Crippen LogP contribution in [0.2, 0.25) is 0 Å². The van der Waals surface area contributed by atoms with Crippen LogP contribution in [0.1, 0.15) is 6.92 Å². The lowest BCUT2D eigenvalue weighted by molar-refractivity contribution is 0.321. The van der Waals surface area contributed by atoms with Crippen molar-refractivity contribution in [2.75, 3.05) is 6.61 Å². The second-order valence-electron chi connectivity index (χ2n) is 3.31. The number of rotatable bonds is 2. The summed E-state index contributed by atoms with van der Waals surface area (Å²) in [4.78, 5) is 0. The van der Waals surface area contributed by atoms with Crippen molar-refractivity contribution in [1.29, 1.82) is 0 Å². The fourth-order valence-electron chi connectivity index (χ4n) is 1.17. The van der Waals surface area contributed by atoms with Gasteiger partial charge in [0.2, 0.25) is 0 Å². The fourth-order valence-corrected chi connectivity index (χ4v) is 1.17. The molecule has 0 aliphatic heterocycles. The van der Waals surface area contributed by atoms with Crippen molar-refractivity contribution >= 4 is 0 Å². The van der Waals surface area contributed by atoms with Gasteiger partial charge in [0.05, 0.1) is 6.61 Å². The highest BCUT2D eigenvalue weighted by Crippen LogP contribution is 2.14. The molecule has 2 nitrogen and oxygen atoms in total. The molecule has 2 aromatic carbocycles. The molecule has 0 aromatic heterocycles. The van der Waals surface area contributed by atoms with E-state index in [9.17, 15) is 8.78 Å². The molecule has 0 bridgehead atoms. The number of hydrogen-bond donors (Lipinski definition) is 1. The molecular formula is C14H14F2O2. The summed E-state index contributed by atoms with van der Waals surface area (Å²) >= 11 is 0. The highest BCUT2D eigenvalue weighted by Gasteiger charge is 1.97. The Hall–Kier alpha value is -2.10. The highest BCUT2D eigenvalue weighted by atomic mass is 19.1. The molecule has 0 radical (unpaired) electrons. The summed E-state index contributed by atoms with van der Waals surface area (Å²) in [5.41, 5.74) is 0. The summed E-state index contributed by atoms with van der Waals surface area (Å²) in [5.74, 6) is -0.852. The van der Waals surface area contributed by atoms with Gasteiger partial charge in [-0.05, 0) is 31.2 Å². The zero-order valence-corrected chi connectivity index (χ0v) is 9.94. The van der Waals surface area contributed by atoms with Crippen LogP contribution in [0, 0.1) is 11.6 Å². The van der Waals surface area contributed by atoms with Gasteiger partial charge in [-0.1, -0.05) is 24.3 Å². The molecule has 0 unspecified atom stereocenters. The minimum Gasteiger partial charge on any atom is -0.505 e. The van der Waals surface area contributed by atoms with Crippen molar-refractivity contribution < 1.29 is 18.6 Å². The third-order valence-corrected chi connectivity index (χ3v) is 1.99. The lowest BCUT2D eigenvalue weighted by Crippen LogP contribution is -1.93. The third-order valence-electron chi connectivity index (χ3n) is 1.99. The van der Waals surface area contributed by atoms with Crippen molar-refractivity contribution in [1.82, 2.24) is 0 Å². The number of benzene rings is 2. The summed E-state index contributed by atoms with van der Waals surface area (Å²) < 4.78 is 29.7. The van der Waals surface area contributed by atoms with Crippen LogP contribution >= 0.6 is 0 Å². The molecule has 0 aliphatic carbocycles. The fraction of sp³-hybridized carbons (Fsp3) is 0.143. The van der Waals surface area contributed by atoms with E-state index in [4.69, 9.17) is 9.84 Å². The van der Waals surface area contributed by atoms with Gasteiger partial charge in [-0.15, -0.1) is 0 Å². The normalized spacial score (nSPS) is 9.28. The Balaban J connectivity index is 0.000000184. The SMILES string of the molecule is CCOc1ccccc1F.Oc1ccccc1F. The second kappa shape index (κ2) is 7.27. The summed E-state index contributed by atoms with van der Waals surface area (Å²) in [5, 5.41) is 8.54. The van der Waals surface area contributed by atoms with E-state index in [0.717, 1.165) is 0 Å². The van der Waals surface area contributed by atoms with Crippen molar-refractivity contribution in [3.8, 4) is 11.5 Å². The Bertz CT molecular complexity index is 466. The number of phenolic OH excluding ortho intramolecular Hbond substituents is 1. The van der Waals surface area contributed by atoms with E-state index in [-0.39, 0.29) is 11.6 Å². The summed E-state index contributed by atoms with van der Waals surface area (Å²) in [7, 11) is 0. The van der Waals surface area contributed by atoms with Crippen molar-refractivity contribution in [3.63, 3.8) is 0 Å². The Kier molecular flexibility index (Phi) is 5.64. The molecule has 0 aliphatic rings. The molecule has 2 aromatic rings. The van der Waals surface area contributed by atoms with E-state index in [1.807, 2.05) is 6.92 Å². The van der Waals surface area contributed by atoms with Gasteiger partial charge in [0, 0.05) is 0 Å².